The molecule has 4 rings (SSSR count). The third-order valence-electron chi connectivity index (χ3n) is 4.37. The summed E-state index contributed by atoms with van der Waals surface area (Å²) in [5, 5.41) is 19.4. The molecule has 0 bridgehead atoms. The van der Waals surface area contributed by atoms with Gasteiger partial charge in [0.1, 0.15) is 17.5 Å². The Morgan fingerprint density at radius 2 is 2.08 bits per heavy atom. The summed E-state index contributed by atoms with van der Waals surface area (Å²) in [4.78, 5) is 26.5. The van der Waals surface area contributed by atoms with Gasteiger partial charge in [0, 0.05) is 10.4 Å². The summed E-state index contributed by atoms with van der Waals surface area (Å²) in [6, 6.07) is 7.86. The number of rotatable bonds is 3. The van der Waals surface area contributed by atoms with Crippen molar-refractivity contribution in [3.05, 3.63) is 36.2 Å². The number of aromatic amines is 1. The molecule has 10 heteroatoms. The molecule has 1 aromatic carbocycles. The van der Waals surface area contributed by atoms with Crippen LogP contribution in [0.3, 0.4) is 0 Å². The number of hydrogen-bond acceptors (Lipinski definition) is 6. The van der Waals surface area contributed by atoms with Gasteiger partial charge >= 0.3 is 6.03 Å². The zero-order valence-corrected chi connectivity index (χ0v) is 14.4. The molecular weight excluding hydrogens is 342 g/mol. The Hall–Kier alpha value is -2.62. The molecule has 3 atom stereocenters. The second-order valence-corrected chi connectivity index (χ2v) is 8.24. The molecule has 2 unspecified atom stereocenters. The average Bonchev–Trinajstić information content (AvgIpc) is 3.18. The summed E-state index contributed by atoms with van der Waals surface area (Å²) in [5.41, 5.74) is 0.674. The lowest BCUT2D eigenvalue weighted by atomic mass is 9.95. The van der Waals surface area contributed by atoms with E-state index in [1.54, 1.807) is 28.8 Å². The van der Waals surface area contributed by atoms with E-state index in [0.717, 1.165) is 0 Å². The fraction of sp³-hybridized carbons (Fsp3) is 0.400. The number of nitrogens with one attached hydrogen (secondary N) is 3. The number of carbonyl (C=O) groups excluding carboxylic acids is 2. The third kappa shape index (κ3) is 2.62. The Labute approximate surface area is 147 Å². The zero-order chi connectivity index (χ0) is 17.6. The topological polar surface area (TPSA) is 116 Å². The minimum absolute atomic E-state index is 0.138. The molecule has 0 saturated carbocycles. The number of urea groups is 1. The van der Waals surface area contributed by atoms with E-state index in [1.165, 1.54) is 0 Å². The minimum Gasteiger partial charge on any atom is -0.323 e. The van der Waals surface area contributed by atoms with Crippen LogP contribution in [0.5, 0.6) is 0 Å². The van der Waals surface area contributed by atoms with Crippen LogP contribution in [-0.2, 0) is 4.79 Å². The number of tetrazole rings is 1. The van der Waals surface area contributed by atoms with E-state index < -0.39 is 12.1 Å². The number of fused-ring (bicyclic) bond motifs is 1. The predicted molar refractivity (Wildman–Crippen MR) is 91.6 cm³/mol. The number of amides is 3. The van der Waals surface area contributed by atoms with Crippen LogP contribution in [0.15, 0.2) is 30.3 Å². The fourth-order valence-electron chi connectivity index (χ4n) is 3.28. The van der Waals surface area contributed by atoms with Gasteiger partial charge in [0.15, 0.2) is 5.82 Å². The molecular formula is C15H17N7O2S. The molecule has 3 heterocycles. The van der Waals surface area contributed by atoms with Gasteiger partial charge in [-0.05, 0) is 26.0 Å². The minimum atomic E-state index is -0.565. The van der Waals surface area contributed by atoms with Gasteiger partial charge in [-0.15, -0.1) is 22.0 Å². The highest BCUT2D eigenvalue weighted by atomic mass is 32.2. The number of hydrogen-bond donors (Lipinski definition) is 3. The van der Waals surface area contributed by atoms with Gasteiger partial charge < -0.3 is 15.5 Å². The molecule has 3 N–H and O–H groups in total. The molecule has 25 heavy (non-hydrogen) atoms. The molecule has 0 spiro atoms. The van der Waals surface area contributed by atoms with E-state index in [2.05, 4.69) is 31.3 Å². The predicted octanol–water partition coefficient (Wildman–Crippen LogP) is 1.12. The Bertz CT molecular complexity index is 795. The van der Waals surface area contributed by atoms with Gasteiger partial charge in [0.05, 0.1) is 0 Å². The Kier molecular flexibility index (Phi) is 3.64. The quantitative estimate of drug-likeness (QED) is 0.708. The highest BCUT2D eigenvalue weighted by Gasteiger charge is 2.63. The summed E-state index contributed by atoms with van der Waals surface area (Å²) >= 11 is 1.63. The van der Waals surface area contributed by atoms with Gasteiger partial charge in [-0.1, -0.05) is 23.4 Å². The van der Waals surface area contributed by atoms with Crippen molar-refractivity contribution in [3.8, 4) is 0 Å². The Morgan fingerprint density at radius 3 is 2.76 bits per heavy atom. The Morgan fingerprint density at radius 1 is 1.32 bits per heavy atom. The number of anilines is 1. The van der Waals surface area contributed by atoms with E-state index in [0.29, 0.717) is 11.5 Å². The summed E-state index contributed by atoms with van der Waals surface area (Å²) in [6.45, 7) is 4.07. The van der Waals surface area contributed by atoms with Gasteiger partial charge in [0.2, 0.25) is 5.91 Å². The highest BCUT2D eigenvalue weighted by molar-refractivity contribution is 8.01. The first-order chi connectivity index (χ1) is 12.0. The summed E-state index contributed by atoms with van der Waals surface area (Å²) in [7, 11) is 0. The Balaban J connectivity index is 1.46. The van der Waals surface area contributed by atoms with Crippen LogP contribution in [0.4, 0.5) is 10.5 Å². The van der Waals surface area contributed by atoms with Crippen molar-refractivity contribution >= 4 is 29.4 Å². The van der Waals surface area contributed by atoms with Crippen LogP contribution in [0.1, 0.15) is 25.7 Å². The molecule has 130 valence electrons. The van der Waals surface area contributed by atoms with Crippen LogP contribution in [0.2, 0.25) is 0 Å². The maximum Gasteiger partial charge on any atom is 0.319 e. The van der Waals surface area contributed by atoms with Gasteiger partial charge in [0.25, 0.3) is 0 Å². The van der Waals surface area contributed by atoms with Crippen molar-refractivity contribution < 1.29 is 9.59 Å². The van der Waals surface area contributed by atoms with Crippen molar-refractivity contribution in [2.24, 2.45) is 0 Å². The molecule has 3 amide bonds. The zero-order valence-electron chi connectivity index (χ0n) is 13.6. The first-order valence-electron chi connectivity index (χ1n) is 7.83. The van der Waals surface area contributed by atoms with Gasteiger partial charge in [-0.25, -0.2) is 4.79 Å². The van der Waals surface area contributed by atoms with Crippen molar-refractivity contribution in [1.29, 1.82) is 0 Å². The second kappa shape index (κ2) is 5.73. The first kappa shape index (κ1) is 15.9. The van der Waals surface area contributed by atoms with Crippen molar-refractivity contribution in [3.63, 3.8) is 0 Å². The normalized spacial score (nSPS) is 26.7. The van der Waals surface area contributed by atoms with Gasteiger partial charge in [-0.3, -0.25) is 4.79 Å². The molecule has 2 aliphatic heterocycles. The van der Waals surface area contributed by atoms with E-state index in [1.807, 2.05) is 32.0 Å². The number of aromatic nitrogens is 4. The number of carbonyl (C=O) groups is 2. The number of nitrogens with zero attached hydrogens (tertiary/aromatic N) is 4. The van der Waals surface area contributed by atoms with Crippen molar-refractivity contribution in [2.75, 3.05) is 5.32 Å². The molecule has 2 aromatic rings. The molecule has 9 nitrogen and oxygen atoms in total. The van der Waals surface area contributed by atoms with Crippen LogP contribution in [0.25, 0.3) is 0 Å². The molecule has 0 aliphatic carbocycles. The lowest BCUT2D eigenvalue weighted by molar-refractivity contribution is -0.148. The summed E-state index contributed by atoms with van der Waals surface area (Å²) < 4.78 is -0.281. The summed E-state index contributed by atoms with van der Waals surface area (Å²) in [5.74, 6) is 0.349. The SMILES string of the molecule is CC1(C)S[C@@H]2C(NC(=O)Nc3ccccc3)C(=O)N2C1c1nn[nH]n1. The smallest absolute Gasteiger partial charge is 0.319 e. The van der Waals surface area contributed by atoms with Crippen LogP contribution in [0, 0.1) is 0 Å². The van der Waals surface area contributed by atoms with Crippen LogP contribution in [-0.4, -0.2) is 53.6 Å². The average molecular weight is 359 g/mol. The fourth-order valence-corrected chi connectivity index (χ4v) is 4.91. The van der Waals surface area contributed by atoms with E-state index in [4.69, 9.17) is 0 Å². The van der Waals surface area contributed by atoms with Crippen molar-refractivity contribution in [2.45, 2.75) is 36.1 Å². The maximum atomic E-state index is 12.6. The third-order valence-corrected chi connectivity index (χ3v) is 5.94. The molecule has 0 radical (unpaired) electrons. The standard InChI is InChI=1S/C15H17N7O2S/c1-15(2)10(11-18-20-21-19-11)22-12(23)9(13(22)25-15)17-14(24)16-8-6-4-3-5-7-8/h3-7,9-10,13H,1-2H3,(H2,16,17,24)(H,18,19,20,21)/t9?,10?,13-/m1/s1. The lowest BCUT2D eigenvalue weighted by Gasteiger charge is -2.43. The maximum absolute atomic E-state index is 12.6. The number of thioether (sulfide) groups is 1. The number of para-hydroxylation sites is 1. The number of H-pyrrole nitrogens is 1. The van der Waals surface area contributed by atoms with Crippen molar-refractivity contribution in [1.82, 2.24) is 30.8 Å². The monoisotopic (exact) mass is 359 g/mol. The number of benzene rings is 1. The highest BCUT2D eigenvalue weighted by Crippen LogP contribution is 2.56. The molecule has 2 aliphatic rings. The molecule has 2 fully saturated rings. The van der Waals surface area contributed by atoms with E-state index >= 15 is 0 Å². The van der Waals surface area contributed by atoms with Crippen LogP contribution >= 0.6 is 11.8 Å². The second-order valence-electron chi connectivity index (χ2n) is 6.47. The first-order valence-corrected chi connectivity index (χ1v) is 8.71. The lowest BCUT2D eigenvalue weighted by Crippen LogP contribution is -2.68. The van der Waals surface area contributed by atoms with Crippen LogP contribution < -0.4 is 10.6 Å². The number of β-lactam (4-membered cyclic amide) rings is 1. The van der Waals surface area contributed by atoms with E-state index in [9.17, 15) is 9.59 Å². The molecule has 1 aromatic heterocycles. The molecule has 2 saturated heterocycles. The van der Waals surface area contributed by atoms with Gasteiger partial charge in [-0.2, -0.15) is 5.21 Å². The summed E-state index contributed by atoms with van der Waals surface area (Å²) in [6.07, 6.45) is 0. The van der Waals surface area contributed by atoms with E-state index in [-0.39, 0.29) is 22.1 Å². The largest absolute Gasteiger partial charge is 0.323 e.